The Hall–Kier alpha value is -2.07. The molecule has 0 radical (unpaired) electrons. The Morgan fingerprint density at radius 2 is 1.90 bits per heavy atom. The van der Waals surface area contributed by atoms with Crippen molar-refractivity contribution in [1.29, 1.82) is 0 Å². The zero-order chi connectivity index (χ0) is 14.2. The molecule has 0 bridgehead atoms. The third-order valence-electron chi connectivity index (χ3n) is 3.77. The number of oxazole rings is 1. The van der Waals surface area contributed by atoms with Crippen molar-refractivity contribution in [3.63, 3.8) is 0 Å². The van der Waals surface area contributed by atoms with Gasteiger partial charge in [-0.05, 0) is 30.5 Å². The maximum absolute atomic E-state index is 12.5. The predicted octanol–water partition coefficient (Wildman–Crippen LogP) is 4.12. The molecule has 1 aromatic heterocycles. The van der Waals surface area contributed by atoms with E-state index in [2.05, 4.69) is 4.98 Å². The molecular weight excluding hydrogens is 282 g/mol. The van der Waals surface area contributed by atoms with Gasteiger partial charge in [0.05, 0.1) is 5.25 Å². The van der Waals surface area contributed by atoms with Gasteiger partial charge in [-0.25, -0.2) is 4.98 Å². The number of carbonyl (C=O) groups excluding carboxylic acids is 1. The zero-order valence-electron chi connectivity index (χ0n) is 11.3. The van der Waals surface area contributed by atoms with Gasteiger partial charge in [-0.2, -0.15) is 0 Å². The fourth-order valence-electron chi connectivity index (χ4n) is 2.71. The Balaban J connectivity index is 1.62. The van der Waals surface area contributed by atoms with Crippen molar-refractivity contribution >= 4 is 28.6 Å². The van der Waals surface area contributed by atoms with E-state index in [1.54, 1.807) is 0 Å². The number of hydrogen-bond acceptors (Lipinski definition) is 4. The van der Waals surface area contributed by atoms with Crippen LogP contribution in [0.1, 0.15) is 22.3 Å². The Kier molecular flexibility index (Phi) is 3.04. The first-order valence-electron chi connectivity index (χ1n) is 6.95. The first-order chi connectivity index (χ1) is 10.3. The highest BCUT2D eigenvalue weighted by Gasteiger charge is 2.29. The molecule has 3 nitrogen and oxygen atoms in total. The Morgan fingerprint density at radius 1 is 1.10 bits per heavy atom. The summed E-state index contributed by atoms with van der Waals surface area (Å²) in [5.41, 5.74) is 3.60. The summed E-state index contributed by atoms with van der Waals surface area (Å²) in [6.07, 6.45) is 1.76. The molecule has 0 fully saturated rings. The number of aryl methyl sites for hydroxylation is 1. The molecular formula is C17H13NO2S. The number of ketones is 1. The van der Waals surface area contributed by atoms with Gasteiger partial charge in [0.1, 0.15) is 5.52 Å². The van der Waals surface area contributed by atoms with Gasteiger partial charge < -0.3 is 4.42 Å². The highest BCUT2D eigenvalue weighted by atomic mass is 32.2. The topological polar surface area (TPSA) is 43.1 Å². The summed E-state index contributed by atoms with van der Waals surface area (Å²) in [5.74, 6) is 0.184. The lowest BCUT2D eigenvalue weighted by Gasteiger charge is -2.21. The number of nitrogens with zero attached hydrogens (tertiary/aromatic N) is 1. The van der Waals surface area contributed by atoms with Gasteiger partial charge >= 0.3 is 0 Å². The molecule has 1 unspecified atom stereocenters. The fourth-order valence-corrected chi connectivity index (χ4v) is 3.71. The number of Topliss-reactive ketones (excluding diaryl/α,β-unsaturated/α-hetero) is 1. The highest BCUT2D eigenvalue weighted by Crippen LogP contribution is 2.34. The normalized spacial score (nSPS) is 17.9. The Bertz CT molecular complexity index is 791. The molecule has 1 aliphatic carbocycles. The summed E-state index contributed by atoms with van der Waals surface area (Å²) in [5, 5.41) is 0.474. The van der Waals surface area contributed by atoms with Crippen molar-refractivity contribution in [2.24, 2.45) is 0 Å². The average molecular weight is 295 g/mol. The average Bonchev–Trinajstić information content (AvgIpc) is 2.93. The van der Waals surface area contributed by atoms with Gasteiger partial charge in [-0.1, -0.05) is 48.2 Å². The van der Waals surface area contributed by atoms with E-state index in [4.69, 9.17) is 4.42 Å². The van der Waals surface area contributed by atoms with E-state index in [0.29, 0.717) is 5.22 Å². The minimum Gasteiger partial charge on any atom is -0.431 e. The van der Waals surface area contributed by atoms with Gasteiger partial charge in [0, 0.05) is 5.56 Å². The van der Waals surface area contributed by atoms with Crippen LogP contribution in [0.3, 0.4) is 0 Å². The van der Waals surface area contributed by atoms with Gasteiger partial charge in [0.15, 0.2) is 11.4 Å². The van der Waals surface area contributed by atoms with Crippen LogP contribution in [0.2, 0.25) is 0 Å². The molecule has 1 atom stereocenters. The van der Waals surface area contributed by atoms with Crippen LogP contribution in [0.25, 0.3) is 11.1 Å². The molecule has 0 spiro atoms. The van der Waals surface area contributed by atoms with E-state index in [1.807, 2.05) is 48.5 Å². The minimum atomic E-state index is -0.104. The lowest BCUT2D eigenvalue weighted by molar-refractivity contribution is 0.0979. The number of rotatable bonds is 2. The number of para-hydroxylation sites is 2. The third kappa shape index (κ3) is 2.25. The van der Waals surface area contributed by atoms with E-state index in [1.165, 1.54) is 11.8 Å². The summed E-state index contributed by atoms with van der Waals surface area (Å²) in [6.45, 7) is 0. The van der Waals surface area contributed by atoms with Crippen LogP contribution in [-0.4, -0.2) is 16.0 Å². The molecule has 0 saturated carbocycles. The maximum atomic E-state index is 12.5. The number of fused-ring (bicyclic) bond motifs is 2. The summed E-state index contributed by atoms with van der Waals surface area (Å²) < 4.78 is 5.71. The predicted molar refractivity (Wildman–Crippen MR) is 82.7 cm³/mol. The molecule has 0 amide bonds. The van der Waals surface area contributed by atoms with E-state index < -0.39 is 0 Å². The maximum Gasteiger partial charge on any atom is 0.257 e. The molecule has 3 aromatic rings. The monoisotopic (exact) mass is 295 g/mol. The minimum absolute atomic E-state index is 0.104. The number of thioether (sulfide) groups is 1. The van der Waals surface area contributed by atoms with Crippen molar-refractivity contribution in [3.8, 4) is 0 Å². The SMILES string of the molecule is O=C1c2ccccc2CCC1Sc1nc2ccccc2o1. The Labute approximate surface area is 126 Å². The standard InChI is InChI=1S/C17H13NO2S/c19-16-12-6-2-1-5-11(12)9-10-15(16)21-17-18-13-7-3-4-8-14(13)20-17/h1-8,15H,9-10H2. The fraction of sp³-hybridized carbons (Fsp3) is 0.176. The molecule has 4 rings (SSSR count). The smallest absolute Gasteiger partial charge is 0.257 e. The number of aromatic nitrogens is 1. The van der Waals surface area contributed by atoms with E-state index in [9.17, 15) is 4.79 Å². The number of benzene rings is 2. The zero-order valence-corrected chi connectivity index (χ0v) is 12.1. The molecule has 0 aliphatic heterocycles. The van der Waals surface area contributed by atoms with Crippen LogP contribution in [0.4, 0.5) is 0 Å². The van der Waals surface area contributed by atoms with Crippen LogP contribution < -0.4 is 0 Å². The quantitative estimate of drug-likeness (QED) is 0.713. The van der Waals surface area contributed by atoms with Crippen molar-refractivity contribution in [2.45, 2.75) is 23.3 Å². The second-order valence-corrected chi connectivity index (χ2v) is 6.27. The van der Waals surface area contributed by atoms with Gasteiger partial charge in [0.2, 0.25) is 0 Å². The molecule has 21 heavy (non-hydrogen) atoms. The lowest BCUT2D eigenvalue weighted by atomic mass is 9.90. The summed E-state index contributed by atoms with van der Waals surface area (Å²) in [6, 6.07) is 15.5. The molecule has 1 aliphatic rings. The summed E-state index contributed by atoms with van der Waals surface area (Å²) in [7, 11) is 0. The van der Waals surface area contributed by atoms with Crippen LogP contribution >= 0.6 is 11.8 Å². The van der Waals surface area contributed by atoms with Crippen molar-refractivity contribution in [3.05, 3.63) is 59.7 Å². The first kappa shape index (κ1) is 12.7. The van der Waals surface area contributed by atoms with E-state index in [0.717, 1.165) is 35.1 Å². The molecule has 0 saturated heterocycles. The summed E-state index contributed by atoms with van der Waals surface area (Å²) >= 11 is 1.43. The Morgan fingerprint density at radius 3 is 2.81 bits per heavy atom. The van der Waals surface area contributed by atoms with Crippen molar-refractivity contribution in [2.75, 3.05) is 0 Å². The molecule has 0 N–H and O–H groups in total. The number of hydrogen-bond donors (Lipinski definition) is 0. The lowest BCUT2D eigenvalue weighted by Crippen LogP contribution is -2.24. The third-order valence-corrected chi connectivity index (χ3v) is 4.88. The molecule has 4 heteroatoms. The van der Waals surface area contributed by atoms with Crippen LogP contribution in [-0.2, 0) is 6.42 Å². The second kappa shape index (κ2) is 5.04. The largest absolute Gasteiger partial charge is 0.431 e. The molecule has 1 heterocycles. The van der Waals surface area contributed by atoms with Crippen LogP contribution in [0, 0.1) is 0 Å². The van der Waals surface area contributed by atoms with Gasteiger partial charge in [0.25, 0.3) is 5.22 Å². The number of carbonyl (C=O) groups is 1. The van der Waals surface area contributed by atoms with E-state index >= 15 is 0 Å². The van der Waals surface area contributed by atoms with Crippen LogP contribution in [0.5, 0.6) is 0 Å². The van der Waals surface area contributed by atoms with Gasteiger partial charge in [-0.3, -0.25) is 4.79 Å². The highest BCUT2D eigenvalue weighted by molar-refractivity contribution is 8.00. The molecule has 2 aromatic carbocycles. The van der Waals surface area contributed by atoms with E-state index in [-0.39, 0.29) is 11.0 Å². The van der Waals surface area contributed by atoms with Gasteiger partial charge in [-0.15, -0.1) is 0 Å². The molecule has 104 valence electrons. The summed E-state index contributed by atoms with van der Waals surface area (Å²) in [4.78, 5) is 17.0. The van der Waals surface area contributed by atoms with Crippen LogP contribution in [0.15, 0.2) is 58.2 Å². The van der Waals surface area contributed by atoms with Crippen molar-refractivity contribution in [1.82, 2.24) is 4.98 Å². The second-order valence-electron chi connectivity index (χ2n) is 5.11. The van der Waals surface area contributed by atoms with Crippen molar-refractivity contribution < 1.29 is 9.21 Å². The first-order valence-corrected chi connectivity index (χ1v) is 7.83.